The molecule has 1 aliphatic heterocycles. The van der Waals surface area contributed by atoms with Crippen molar-refractivity contribution in [1.29, 1.82) is 0 Å². The van der Waals surface area contributed by atoms with Crippen LogP contribution in [0, 0.1) is 0 Å². The van der Waals surface area contributed by atoms with Crippen molar-refractivity contribution in [2.45, 2.75) is 6.54 Å². The van der Waals surface area contributed by atoms with Crippen molar-refractivity contribution in [3.8, 4) is 11.5 Å². The Hall–Kier alpha value is -1.29. The van der Waals surface area contributed by atoms with Gasteiger partial charge >= 0.3 is 0 Å². The van der Waals surface area contributed by atoms with Crippen LogP contribution in [0.4, 0.5) is 5.69 Å². The average Bonchev–Trinajstić information content (AvgIpc) is 2.84. The Morgan fingerprint density at radius 1 is 0.950 bits per heavy atom. The molecular weight excluding hydrogens is 321 g/mol. The molecule has 0 amide bonds. The normalized spacial score (nSPS) is 12.6. The molecule has 3 rings (SSSR count). The van der Waals surface area contributed by atoms with E-state index in [9.17, 15) is 0 Å². The molecule has 0 saturated carbocycles. The molecular formula is C14H10Cl3NO2. The molecule has 0 aliphatic carbocycles. The Morgan fingerprint density at radius 3 is 2.45 bits per heavy atom. The zero-order chi connectivity index (χ0) is 14.1. The highest BCUT2D eigenvalue weighted by Crippen LogP contribution is 2.39. The third-order valence-corrected chi connectivity index (χ3v) is 3.56. The molecule has 0 bridgehead atoms. The van der Waals surface area contributed by atoms with Crippen molar-refractivity contribution >= 4 is 40.5 Å². The first-order valence-corrected chi connectivity index (χ1v) is 7.03. The van der Waals surface area contributed by atoms with Crippen LogP contribution in [-0.2, 0) is 6.54 Å². The summed E-state index contributed by atoms with van der Waals surface area (Å²) in [4.78, 5) is 0. The van der Waals surface area contributed by atoms with Crippen LogP contribution in [-0.4, -0.2) is 6.79 Å². The lowest BCUT2D eigenvalue weighted by Gasteiger charge is -2.09. The van der Waals surface area contributed by atoms with Gasteiger partial charge in [-0.05, 0) is 35.9 Å². The molecule has 0 fully saturated rings. The quantitative estimate of drug-likeness (QED) is 0.860. The van der Waals surface area contributed by atoms with E-state index in [1.165, 1.54) is 0 Å². The number of hydrogen-bond acceptors (Lipinski definition) is 3. The molecule has 0 spiro atoms. The van der Waals surface area contributed by atoms with Gasteiger partial charge in [0.15, 0.2) is 11.5 Å². The summed E-state index contributed by atoms with van der Waals surface area (Å²) in [7, 11) is 0. The van der Waals surface area contributed by atoms with Crippen LogP contribution in [0.2, 0.25) is 15.1 Å². The fourth-order valence-corrected chi connectivity index (χ4v) is 2.80. The summed E-state index contributed by atoms with van der Waals surface area (Å²) in [5.41, 5.74) is 1.83. The predicted molar refractivity (Wildman–Crippen MR) is 81.4 cm³/mol. The van der Waals surface area contributed by atoms with Crippen LogP contribution in [0.3, 0.4) is 0 Å². The molecule has 0 radical (unpaired) electrons. The number of nitrogens with one attached hydrogen (secondary N) is 1. The van der Waals surface area contributed by atoms with Gasteiger partial charge in [-0.25, -0.2) is 0 Å². The number of hydrogen-bond donors (Lipinski definition) is 1. The Morgan fingerprint density at radius 2 is 1.70 bits per heavy atom. The molecule has 1 aliphatic rings. The summed E-state index contributed by atoms with van der Waals surface area (Å²) in [6, 6.07) is 9.04. The summed E-state index contributed by atoms with van der Waals surface area (Å²) in [5, 5.41) is 4.95. The zero-order valence-corrected chi connectivity index (χ0v) is 12.5. The predicted octanol–water partition coefficient (Wildman–Crippen LogP) is 4.99. The van der Waals surface area contributed by atoms with E-state index in [1.807, 2.05) is 24.3 Å². The average molecular weight is 331 g/mol. The largest absolute Gasteiger partial charge is 0.454 e. The third-order valence-electron chi connectivity index (χ3n) is 2.85. The van der Waals surface area contributed by atoms with Gasteiger partial charge in [0.25, 0.3) is 0 Å². The first kappa shape index (κ1) is 13.7. The Labute approximate surface area is 131 Å². The van der Waals surface area contributed by atoms with Gasteiger partial charge in [0, 0.05) is 22.3 Å². The van der Waals surface area contributed by atoms with Gasteiger partial charge < -0.3 is 14.8 Å². The third kappa shape index (κ3) is 2.90. The first-order chi connectivity index (χ1) is 9.61. The summed E-state index contributed by atoms with van der Waals surface area (Å²) >= 11 is 18.0. The van der Waals surface area contributed by atoms with E-state index >= 15 is 0 Å². The Kier molecular flexibility index (Phi) is 3.83. The number of benzene rings is 2. The highest BCUT2D eigenvalue weighted by Gasteiger charge is 2.18. The van der Waals surface area contributed by atoms with Crippen molar-refractivity contribution in [3.63, 3.8) is 0 Å². The molecule has 104 valence electrons. The highest BCUT2D eigenvalue weighted by molar-refractivity contribution is 6.35. The van der Waals surface area contributed by atoms with Crippen molar-refractivity contribution < 1.29 is 9.47 Å². The lowest BCUT2D eigenvalue weighted by Crippen LogP contribution is -1.99. The molecule has 2 aromatic rings. The van der Waals surface area contributed by atoms with E-state index in [4.69, 9.17) is 44.3 Å². The van der Waals surface area contributed by atoms with Gasteiger partial charge in [-0.15, -0.1) is 0 Å². The minimum atomic E-state index is 0.204. The maximum atomic E-state index is 6.13. The fraction of sp³-hybridized carbons (Fsp3) is 0.143. The molecule has 3 nitrogen and oxygen atoms in total. The fourth-order valence-electron chi connectivity index (χ4n) is 1.98. The van der Waals surface area contributed by atoms with Gasteiger partial charge in [-0.3, -0.25) is 0 Å². The van der Waals surface area contributed by atoms with Gasteiger partial charge in [-0.1, -0.05) is 34.8 Å². The van der Waals surface area contributed by atoms with Crippen molar-refractivity contribution in [3.05, 3.63) is 51.0 Å². The van der Waals surface area contributed by atoms with E-state index in [1.54, 1.807) is 6.07 Å². The number of fused-ring (bicyclic) bond motifs is 1. The van der Waals surface area contributed by atoms with Crippen LogP contribution in [0.15, 0.2) is 30.3 Å². The van der Waals surface area contributed by atoms with Crippen LogP contribution in [0.25, 0.3) is 0 Å². The van der Waals surface area contributed by atoms with Crippen molar-refractivity contribution in [2.24, 2.45) is 0 Å². The Bertz CT molecular complexity index is 641. The lowest BCUT2D eigenvalue weighted by molar-refractivity contribution is 0.174. The summed E-state index contributed by atoms with van der Waals surface area (Å²) in [5.74, 6) is 1.26. The van der Waals surface area contributed by atoms with Crippen LogP contribution in [0.1, 0.15) is 5.56 Å². The molecule has 1 heterocycles. The van der Waals surface area contributed by atoms with Gasteiger partial charge in [0.05, 0.1) is 5.02 Å². The first-order valence-electron chi connectivity index (χ1n) is 5.90. The topological polar surface area (TPSA) is 30.5 Å². The standard InChI is InChI=1S/C14H10Cl3NO2/c15-9-3-10(16)5-11(4-9)18-6-8-1-12(17)14-13(2-8)19-7-20-14/h1-5,18H,6-7H2. The second-order valence-corrected chi connectivity index (χ2v) is 5.60. The number of halogens is 3. The van der Waals surface area contributed by atoms with E-state index in [-0.39, 0.29) is 6.79 Å². The summed E-state index contributed by atoms with van der Waals surface area (Å²) in [6.45, 7) is 0.781. The van der Waals surface area contributed by atoms with E-state index in [0.29, 0.717) is 33.1 Å². The van der Waals surface area contributed by atoms with Crippen LogP contribution in [0.5, 0.6) is 11.5 Å². The smallest absolute Gasteiger partial charge is 0.231 e. The van der Waals surface area contributed by atoms with Crippen LogP contribution >= 0.6 is 34.8 Å². The number of anilines is 1. The van der Waals surface area contributed by atoms with E-state index in [2.05, 4.69) is 5.32 Å². The molecule has 1 N–H and O–H groups in total. The van der Waals surface area contributed by atoms with Crippen molar-refractivity contribution in [1.82, 2.24) is 0 Å². The molecule has 2 aromatic carbocycles. The summed E-state index contributed by atoms with van der Waals surface area (Å²) < 4.78 is 10.6. The van der Waals surface area contributed by atoms with Crippen LogP contribution < -0.4 is 14.8 Å². The molecule has 0 saturated heterocycles. The summed E-state index contributed by atoms with van der Waals surface area (Å²) in [6.07, 6.45) is 0. The maximum Gasteiger partial charge on any atom is 0.231 e. The minimum absolute atomic E-state index is 0.204. The molecule has 6 heteroatoms. The van der Waals surface area contributed by atoms with Gasteiger partial charge in [0.2, 0.25) is 6.79 Å². The second kappa shape index (κ2) is 5.60. The maximum absolute atomic E-state index is 6.13. The van der Waals surface area contributed by atoms with Gasteiger partial charge in [-0.2, -0.15) is 0 Å². The minimum Gasteiger partial charge on any atom is -0.454 e. The molecule has 0 unspecified atom stereocenters. The number of rotatable bonds is 3. The SMILES string of the molecule is Clc1cc(Cl)cc(NCc2cc(Cl)c3c(c2)OCO3)c1. The molecule has 0 aromatic heterocycles. The Balaban J connectivity index is 1.77. The molecule has 0 atom stereocenters. The van der Waals surface area contributed by atoms with E-state index < -0.39 is 0 Å². The van der Waals surface area contributed by atoms with Crippen molar-refractivity contribution in [2.75, 3.05) is 12.1 Å². The monoisotopic (exact) mass is 329 g/mol. The van der Waals surface area contributed by atoms with E-state index in [0.717, 1.165) is 11.3 Å². The zero-order valence-electron chi connectivity index (χ0n) is 10.3. The lowest BCUT2D eigenvalue weighted by atomic mass is 10.2. The number of ether oxygens (including phenoxy) is 2. The molecule has 20 heavy (non-hydrogen) atoms. The highest BCUT2D eigenvalue weighted by atomic mass is 35.5. The van der Waals surface area contributed by atoms with Gasteiger partial charge in [0.1, 0.15) is 0 Å². The second-order valence-electron chi connectivity index (χ2n) is 4.32.